The van der Waals surface area contributed by atoms with Crippen LogP contribution >= 0.6 is 11.6 Å². The molecule has 0 aliphatic heterocycles. The summed E-state index contributed by atoms with van der Waals surface area (Å²) in [5.41, 5.74) is 0.825. The van der Waals surface area contributed by atoms with Gasteiger partial charge < -0.3 is 10.6 Å². The molecule has 0 heterocycles. The molecular weight excluding hydrogens is 310 g/mol. The number of rotatable bonds is 5. The molecule has 0 saturated carbocycles. The molecule has 2 rings (SSSR count). The zero-order chi connectivity index (χ0) is 16.1. The molecule has 0 aromatic heterocycles. The van der Waals surface area contributed by atoms with Gasteiger partial charge in [-0.1, -0.05) is 23.7 Å². The van der Waals surface area contributed by atoms with Crippen LogP contribution in [-0.2, 0) is 4.79 Å². The van der Waals surface area contributed by atoms with Gasteiger partial charge in [0.15, 0.2) is 6.54 Å². The number of hydrogen-bond donors (Lipinski definition) is 2. The molecule has 0 saturated heterocycles. The molecule has 22 heavy (non-hydrogen) atoms. The molecule has 116 valence electrons. The summed E-state index contributed by atoms with van der Waals surface area (Å²) in [5.74, 6) is -1.68. The molecule has 0 fully saturated rings. The second kappa shape index (κ2) is 7.33. The fourth-order valence-corrected chi connectivity index (χ4v) is 2.20. The number of carbonyl (C=O) groups excluding carboxylic acids is 1. The van der Waals surface area contributed by atoms with Crippen molar-refractivity contribution in [2.24, 2.45) is 0 Å². The highest BCUT2D eigenvalue weighted by atomic mass is 35.5. The predicted octanol–water partition coefficient (Wildman–Crippen LogP) is 2.88. The van der Waals surface area contributed by atoms with E-state index in [1.807, 2.05) is 25.1 Å². The van der Waals surface area contributed by atoms with E-state index in [9.17, 15) is 13.6 Å². The van der Waals surface area contributed by atoms with Crippen molar-refractivity contribution in [1.29, 1.82) is 0 Å². The van der Waals surface area contributed by atoms with Gasteiger partial charge >= 0.3 is 0 Å². The summed E-state index contributed by atoms with van der Waals surface area (Å²) in [6.07, 6.45) is 0. The first-order valence-electron chi connectivity index (χ1n) is 6.79. The summed E-state index contributed by atoms with van der Waals surface area (Å²) in [4.78, 5) is 11.8. The monoisotopic (exact) mass is 325 g/mol. The van der Waals surface area contributed by atoms with Gasteiger partial charge in [0.05, 0.1) is 5.69 Å². The maximum Gasteiger partial charge on any atom is 0.279 e. The van der Waals surface area contributed by atoms with Crippen molar-refractivity contribution in [2.45, 2.75) is 13.0 Å². The van der Waals surface area contributed by atoms with Gasteiger partial charge in [-0.3, -0.25) is 4.79 Å². The van der Waals surface area contributed by atoms with Crippen LogP contribution in [0.4, 0.5) is 14.5 Å². The number of carbonyl (C=O) groups is 1. The van der Waals surface area contributed by atoms with Gasteiger partial charge in [-0.2, -0.15) is 0 Å². The Hall–Kier alpha value is -1.98. The fourth-order valence-electron chi connectivity index (χ4n) is 2.00. The molecule has 0 radical (unpaired) electrons. The number of nitrogens with two attached hydrogens (primary N) is 1. The highest BCUT2D eigenvalue weighted by Crippen LogP contribution is 2.16. The number of nitrogens with one attached hydrogen (secondary N) is 1. The predicted molar refractivity (Wildman–Crippen MR) is 81.6 cm³/mol. The third-order valence-corrected chi connectivity index (χ3v) is 3.47. The van der Waals surface area contributed by atoms with Crippen LogP contribution in [0.15, 0.2) is 42.5 Å². The summed E-state index contributed by atoms with van der Waals surface area (Å²) < 4.78 is 26.5. The SMILES string of the molecule is C[C@H]([NH2+]CC(=O)Nc1cc(F)ccc1F)c1cccc(Cl)c1. The Kier molecular flexibility index (Phi) is 5.46. The maximum atomic E-state index is 13.4. The van der Waals surface area contributed by atoms with Crippen molar-refractivity contribution in [3.63, 3.8) is 0 Å². The van der Waals surface area contributed by atoms with E-state index < -0.39 is 17.5 Å². The molecule has 6 heteroatoms. The van der Waals surface area contributed by atoms with Crippen LogP contribution in [0.2, 0.25) is 5.02 Å². The van der Waals surface area contributed by atoms with E-state index in [4.69, 9.17) is 11.6 Å². The lowest BCUT2D eigenvalue weighted by molar-refractivity contribution is -0.682. The number of hydrogen-bond acceptors (Lipinski definition) is 1. The Morgan fingerprint density at radius 2 is 2.05 bits per heavy atom. The number of quaternary nitrogens is 1. The summed E-state index contributed by atoms with van der Waals surface area (Å²) in [6, 6.07) is 10.3. The molecule has 3 N–H and O–H groups in total. The molecule has 0 bridgehead atoms. The Morgan fingerprint density at radius 3 is 2.77 bits per heavy atom. The molecule has 1 amide bonds. The van der Waals surface area contributed by atoms with Crippen LogP contribution in [-0.4, -0.2) is 12.5 Å². The molecule has 2 aromatic carbocycles. The number of halogens is 3. The van der Waals surface area contributed by atoms with E-state index in [0.717, 1.165) is 23.8 Å². The summed E-state index contributed by atoms with van der Waals surface area (Å²) in [6.45, 7) is 2.02. The third kappa shape index (κ3) is 4.51. The fraction of sp³-hybridized carbons (Fsp3) is 0.188. The van der Waals surface area contributed by atoms with E-state index in [2.05, 4.69) is 5.32 Å². The van der Waals surface area contributed by atoms with Gasteiger partial charge in [0.25, 0.3) is 5.91 Å². The quantitative estimate of drug-likeness (QED) is 0.872. The van der Waals surface area contributed by atoms with Gasteiger partial charge in [0.1, 0.15) is 17.7 Å². The van der Waals surface area contributed by atoms with Crippen LogP contribution in [0.25, 0.3) is 0 Å². The van der Waals surface area contributed by atoms with Crippen molar-refractivity contribution in [2.75, 3.05) is 11.9 Å². The van der Waals surface area contributed by atoms with Crippen LogP contribution in [0.1, 0.15) is 18.5 Å². The van der Waals surface area contributed by atoms with Crippen molar-refractivity contribution in [1.82, 2.24) is 0 Å². The van der Waals surface area contributed by atoms with Crippen molar-refractivity contribution >= 4 is 23.2 Å². The van der Waals surface area contributed by atoms with Gasteiger partial charge in [-0.15, -0.1) is 0 Å². The van der Waals surface area contributed by atoms with Gasteiger partial charge in [-0.05, 0) is 31.2 Å². The molecule has 3 nitrogen and oxygen atoms in total. The van der Waals surface area contributed by atoms with Crippen LogP contribution in [0, 0.1) is 11.6 Å². The smallest absolute Gasteiger partial charge is 0.279 e. The maximum absolute atomic E-state index is 13.4. The lowest BCUT2D eigenvalue weighted by Crippen LogP contribution is -2.86. The first kappa shape index (κ1) is 16.4. The largest absolute Gasteiger partial charge is 0.333 e. The highest BCUT2D eigenvalue weighted by Gasteiger charge is 2.13. The Balaban J connectivity index is 1.91. The lowest BCUT2D eigenvalue weighted by atomic mass is 10.1. The molecule has 1 atom stereocenters. The van der Waals surface area contributed by atoms with Crippen LogP contribution in [0.3, 0.4) is 0 Å². The van der Waals surface area contributed by atoms with Crippen molar-refractivity contribution < 1.29 is 18.9 Å². The molecule has 0 unspecified atom stereocenters. The molecule has 0 aliphatic carbocycles. The average molecular weight is 326 g/mol. The zero-order valence-corrected chi connectivity index (χ0v) is 12.7. The number of amides is 1. The number of anilines is 1. The van der Waals surface area contributed by atoms with Crippen LogP contribution < -0.4 is 10.6 Å². The zero-order valence-electron chi connectivity index (χ0n) is 11.9. The van der Waals surface area contributed by atoms with E-state index in [1.165, 1.54) is 0 Å². The minimum atomic E-state index is -0.669. The van der Waals surface area contributed by atoms with E-state index in [0.29, 0.717) is 5.02 Å². The molecule has 0 spiro atoms. The second-order valence-corrected chi connectivity index (χ2v) is 5.39. The van der Waals surface area contributed by atoms with E-state index in [1.54, 1.807) is 11.4 Å². The first-order chi connectivity index (χ1) is 10.5. The highest BCUT2D eigenvalue weighted by molar-refractivity contribution is 6.30. The third-order valence-electron chi connectivity index (χ3n) is 3.23. The Labute approximate surface area is 132 Å². The van der Waals surface area contributed by atoms with E-state index in [-0.39, 0.29) is 18.3 Å². The Morgan fingerprint density at radius 1 is 1.27 bits per heavy atom. The van der Waals surface area contributed by atoms with E-state index >= 15 is 0 Å². The molecule has 2 aromatic rings. The normalized spacial score (nSPS) is 12.0. The van der Waals surface area contributed by atoms with Gasteiger partial charge in [0.2, 0.25) is 0 Å². The second-order valence-electron chi connectivity index (χ2n) is 4.96. The Bertz CT molecular complexity index is 679. The summed E-state index contributed by atoms with van der Waals surface area (Å²) in [5, 5.41) is 4.78. The van der Waals surface area contributed by atoms with Crippen molar-refractivity contribution in [3.8, 4) is 0 Å². The molecular formula is C16H16ClF2N2O+. The lowest BCUT2D eigenvalue weighted by Gasteiger charge is -2.11. The van der Waals surface area contributed by atoms with Crippen LogP contribution in [0.5, 0.6) is 0 Å². The molecule has 0 aliphatic rings. The minimum Gasteiger partial charge on any atom is -0.333 e. The minimum absolute atomic E-state index is 0.0156. The topological polar surface area (TPSA) is 45.7 Å². The van der Waals surface area contributed by atoms with Crippen molar-refractivity contribution in [3.05, 3.63) is 64.7 Å². The first-order valence-corrected chi connectivity index (χ1v) is 7.17. The summed E-state index contributed by atoms with van der Waals surface area (Å²) in [7, 11) is 0. The van der Waals surface area contributed by atoms with Gasteiger partial charge in [0, 0.05) is 16.7 Å². The average Bonchev–Trinajstić information content (AvgIpc) is 2.48. The van der Waals surface area contributed by atoms with Gasteiger partial charge in [-0.25, -0.2) is 8.78 Å². The summed E-state index contributed by atoms with van der Waals surface area (Å²) >= 11 is 5.92. The number of benzene rings is 2. The standard InChI is InChI=1S/C16H15ClF2N2O/c1-10(11-3-2-4-12(17)7-11)20-9-16(22)21-15-8-13(18)5-6-14(15)19/h2-8,10,20H,9H2,1H3,(H,21,22)/p+1/t10-/m0/s1.